The van der Waals surface area contributed by atoms with E-state index < -0.39 is 0 Å². The van der Waals surface area contributed by atoms with E-state index in [1.807, 2.05) is 26.0 Å². The summed E-state index contributed by atoms with van der Waals surface area (Å²) in [6, 6.07) is 3.87. The van der Waals surface area contributed by atoms with Crippen molar-refractivity contribution in [2.45, 2.75) is 38.5 Å². The predicted octanol–water partition coefficient (Wildman–Crippen LogP) is 2.63. The average Bonchev–Trinajstić information content (AvgIpc) is 3.12. The normalized spacial score (nSPS) is 16.9. The lowest BCUT2D eigenvalue weighted by Crippen LogP contribution is -2.15. The van der Waals surface area contributed by atoms with E-state index in [4.69, 9.17) is 4.74 Å². The highest BCUT2D eigenvalue weighted by atomic mass is 16.5. The van der Waals surface area contributed by atoms with Crippen molar-refractivity contribution in [3.63, 3.8) is 0 Å². The van der Waals surface area contributed by atoms with Gasteiger partial charge in [-0.05, 0) is 38.3 Å². The fourth-order valence-electron chi connectivity index (χ4n) is 1.89. The maximum Gasteiger partial charge on any atom is 0.313 e. The SMILES string of the molecule is CCOC(=O)C(C)c1cccnc1C1CC1. The predicted molar refractivity (Wildman–Crippen MR) is 61.3 cm³/mol. The van der Waals surface area contributed by atoms with Crippen LogP contribution < -0.4 is 0 Å². The van der Waals surface area contributed by atoms with Gasteiger partial charge >= 0.3 is 5.97 Å². The van der Waals surface area contributed by atoms with Gasteiger partial charge in [-0.2, -0.15) is 0 Å². The molecule has 1 saturated carbocycles. The fraction of sp³-hybridized carbons (Fsp3) is 0.538. The molecule has 0 aliphatic heterocycles. The lowest BCUT2D eigenvalue weighted by molar-refractivity contribution is -0.144. The molecule has 1 atom stereocenters. The van der Waals surface area contributed by atoms with Gasteiger partial charge in [0.05, 0.1) is 12.5 Å². The third kappa shape index (κ3) is 2.23. The monoisotopic (exact) mass is 219 g/mol. The minimum absolute atomic E-state index is 0.155. The van der Waals surface area contributed by atoms with Crippen LogP contribution in [0.4, 0.5) is 0 Å². The van der Waals surface area contributed by atoms with Crippen molar-refractivity contribution in [2.24, 2.45) is 0 Å². The molecule has 0 radical (unpaired) electrons. The molecule has 3 nitrogen and oxygen atoms in total. The number of hydrogen-bond donors (Lipinski definition) is 0. The Labute approximate surface area is 95.8 Å². The van der Waals surface area contributed by atoms with Crippen LogP contribution in [0.5, 0.6) is 0 Å². The average molecular weight is 219 g/mol. The Balaban J connectivity index is 2.21. The first-order valence-corrected chi connectivity index (χ1v) is 5.85. The van der Waals surface area contributed by atoms with Crippen molar-refractivity contribution in [1.29, 1.82) is 0 Å². The summed E-state index contributed by atoms with van der Waals surface area (Å²) in [6.45, 7) is 4.15. The van der Waals surface area contributed by atoms with Crippen molar-refractivity contribution >= 4 is 5.97 Å². The Kier molecular flexibility index (Phi) is 3.22. The molecule has 1 unspecified atom stereocenters. The molecule has 0 bridgehead atoms. The number of ether oxygens (including phenoxy) is 1. The summed E-state index contributed by atoms with van der Waals surface area (Å²) in [5.41, 5.74) is 2.12. The highest BCUT2D eigenvalue weighted by molar-refractivity contribution is 5.78. The van der Waals surface area contributed by atoms with Gasteiger partial charge in [0.25, 0.3) is 0 Å². The lowest BCUT2D eigenvalue weighted by atomic mass is 9.97. The molecule has 0 spiro atoms. The Hall–Kier alpha value is -1.38. The van der Waals surface area contributed by atoms with Crippen LogP contribution in [-0.2, 0) is 9.53 Å². The molecule has 2 rings (SSSR count). The van der Waals surface area contributed by atoms with Gasteiger partial charge in [-0.25, -0.2) is 0 Å². The maximum absolute atomic E-state index is 11.7. The van der Waals surface area contributed by atoms with Gasteiger partial charge in [-0.15, -0.1) is 0 Å². The minimum atomic E-state index is -0.204. The van der Waals surface area contributed by atoms with Crippen LogP contribution in [-0.4, -0.2) is 17.6 Å². The molecule has 1 fully saturated rings. The summed E-state index contributed by atoms with van der Waals surface area (Å²) in [5, 5.41) is 0. The summed E-state index contributed by atoms with van der Waals surface area (Å²) in [4.78, 5) is 16.1. The highest BCUT2D eigenvalue weighted by Gasteiger charge is 2.30. The smallest absolute Gasteiger partial charge is 0.313 e. The second kappa shape index (κ2) is 4.64. The first-order chi connectivity index (χ1) is 7.74. The maximum atomic E-state index is 11.7. The van der Waals surface area contributed by atoms with E-state index in [-0.39, 0.29) is 11.9 Å². The Morgan fingerprint density at radius 3 is 3.00 bits per heavy atom. The van der Waals surface area contributed by atoms with E-state index in [1.165, 1.54) is 12.8 Å². The van der Waals surface area contributed by atoms with E-state index in [0.717, 1.165) is 11.3 Å². The first-order valence-electron chi connectivity index (χ1n) is 5.85. The van der Waals surface area contributed by atoms with Gasteiger partial charge in [0.15, 0.2) is 0 Å². The molecule has 1 aromatic rings. The summed E-state index contributed by atoms with van der Waals surface area (Å²) in [6.07, 6.45) is 4.19. The Bertz CT molecular complexity index is 385. The Morgan fingerprint density at radius 1 is 1.62 bits per heavy atom. The number of nitrogens with zero attached hydrogens (tertiary/aromatic N) is 1. The van der Waals surface area contributed by atoms with Crippen LogP contribution in [0.15, 0.2) is 18.3 Å². The molecule has 1 aliphatic rings. The number of hydrogen-bond acceptors (Lipinski definition) is 3. The number of aromatic nitrogens is 1. The topological polar surface area (TPSA) is 39.2 Å². The van der Waals surface area contributed by atoms with Crippen molar-refractivity contribution in [3.8, 4) is 0 Å². The zero-order chi connectivity index (χ0) is 11.5. The van der Waals surface area contributed by atoms with Crippen LogP contribution in [0.25, 0.3) is 0 Å². The zero-order valence-electron chi connectivity index (χ0n) is 9.77. The van der Waals surface area contributed by atoms with Gasteiger partial charge in [0, 0.05) is 17.8 Å². The second-order valence-corrected chi connectivity index (χ2v) is 4.23. The summed E-state index contributed by atoms with van der Waals surface area (Å²) < 4.78 is 5.05. The third-order valence-electron chi connectivity index (χ3n) is 2.94. The van der Waals surface area contributed by atoms with Gasteiger partial charge in [-0.1, -0.05) is 6.07 Å². The summed E-state index contributed by atoms with van der Waals surface area (Å²) >= 11 is 0. The van der Waals surface area contributed by atoms with Crippen LogP contribution in [0, 0.1) is 0 Å². The highest BCUT2D eigenvalue weighted by Crippen LogP contribution is 2.42. The molecular weight excluding hydrogens is 202 g/mol. The molecule has 0 saturated heterocycles. The first kappa shape index (κ1) is 11.1. The van der Waals surface area contributed by atoms with Crippen molar-refractivity contribution in [3.05, 3.63) is 29.6 Å². The van der Waals surface area contributed by atoms with Crippen molar-refractivity contribution < 1.29 is 9.53 Å². The number of pyridine rings is 1. The van der Waals surface area contributed by atoms with Gasteiger partial charge < -0.3 is 4.74 Å². The number of esters is 1. The second-order valence-electron chi connectivity index (χ2n) is 4.23. The number of carbonyl (C=O) groups excluding carboxylic acids is 1. The fourth-order valence-corrected chi connectivity index (χ4v) is 1.89. The van der Waals surface area contributed by atoms with E-state index in [2.05, 4.69) is 4.98 Å². The minimum Gasteiger partial charge on any atom is -0.466 e. The van der Waals surface area contributed by atoms with E-state index in [1.54, 1.807) is 6.20 Å². The van der Waals surface area contributed by atoms with Crippen LogP contribution in [0.3, 0.4) is 0 Å². The molecule has 16 heavy (non-hydrogen) atoms. The standard InChI is InChI=1S/C13H17NO2/c1-3-16-13(15)9(2)11-5-4-8-14-12(11)10-6-7-10/h4-5,8-10H,3,6-7H2,1-2H3. The number of rotatable bonds is 4. The molecule has 0 amide bonds. The van der Waals surface area contributed by atoms with Crippen molar-refractivity contribution in [1.82, 2.24) is 4.98 Å². The van der Waals surface area contributed by atoms with Crippen molar-refractivity contribution in [2.75, 3.05) is 6.61 Å². The molecule has 1 aliphatic carbocycles. The zero-order valence-corrected chi connectivity index (χ0v) is 9.77. The van der Waals surface area contributed by atoms with E-state index in [9.17, 15) is 4.79 Å². The van der Waals surface area contributed by atoms with Crippen LogP contribution in [0.2, 0.25) is 0 Å². The summed E-state index contributed by atoms with van der Waals surface area (Å²) in [7, 11) is 0. The van der Waals surface area contributed by atoms with Gasteiger partial charge in [0.1, 0.15) is 0 Å². The molecule has 3 heteroatoms. The van der Waals surface area contributed by atoms with Gasteiger partial charge in [0.2, 0.25) is 0 Å². The quantitative estimate of drug-likeness (QED) is 0.731. The van der Waals surface area contributed by atoms with Crippen LogP contribution >= 0.6 is 0 Å². The molecular formula is C13H17NO2. The molecule has 0 aromatic carbocycles. The van der Waals surface area contributed by atoms with E-state index >= 15 is 0 Å². The number of carbonyl (C=O) groups is 1. The summed E-state index contributed by atoms with van der Waals surface area (Å²) in [5.74, 6) is 0.203. The molecule has 86 valence electrons. The van der Waals surface area contributed by atoms with Crippen LogP contribution in [0.1, 0.15) is 49.8 Å². The third-order valence-corrected chi connectivity index (χ3v) is 2.94. The molecule has 1 aromatic heterocycles. The van der Waals surface area contributed by atoms with Gasteiger partial charge in [-0.3, -0.25) is 9.78 Å². The Morgan fingerprint density at radius 2 is 2.38 bits per heavy atom. The molecule has 1 heterocycles. The lowest BCUT2D eigenvalue weighted by Gasteiger charge is -2.13. The molecule has 0 N–H and O–H groups in total. The largest absolute Gasteiger partial charge is 0.466 e. The van der Waals surface area contributed by atoms with E-state index in [0.29, 0.717) is 12.5 Å².